The van der Waals surface area contributed by atoms with Gasteiger partial charge in [-0.1, -0.05) is 30.3 Å². The summed E-state index contributed by atoms with van der Waals surface area (Å²) < 4.78 is 36.6. The normalized spacial score (nSPS) is 12.0. The first-order valence-corrected chi connectivity index (χ1v) is 6.73. The van der Waals surface area contributed by atoms with E-state index in [1.807, 2.05) is 30.3 Å². The molecule has 0 aromatic heterocycles. The van der Waals surface area contributed by atoms with Gasteiger partial charge < -0.3 is 10.5 Å². The third-order valence-corrected chi connectivity index (χ3v) is 1.73. The van der Waals surface area contributed by atoms with E-state index in [0.717, 1.165) is 5.56 Å². The highest BCUT2D eigenvalue weighted by atomic mass is 32.3. The van der Waals surface area contributed by atoms with E-state index in [9.17, 15) is 4.79 Å². The molecule has 19 heavy (non-hydrogen) atoms. The molecule has 0 spiro atoms. The second kappa shape index (κ2) is 8.59. The average molecular weight is 291 g/mol. The number of benzene rings is 1. The Balaban J connectivity index is 0.000000555. The molecular weight excluding hydrogens is 274 g/mol. The molecule has 4 N–H and O–H groups in total. The molecule has 1 rings (SSSR count). The Kier molecular flexibility index (Phi) is 7.92. The van der Waals surface area contributed by atoms with Crippen LogP contribution in [0.4, 0.5) is 0 Å². The lowest BCUT2D eigenvalue weighted by atomic mass is 10.2. The van der Waals surface area contributed by atoms with Gasteiger partial charge in [0.15, 0.2) is 0 Å². The summed E-state index contributed by atoms with van der Waals surface area (Å²) in [6, 6.07) is 9.44. The van der Waals surface area contributed by atoms with Crippen LogP contribution in [0.1, 0.15) is 18.9 Å². The average Bonchev–Trinajstić information content (AvgIpc) is 2.24. The van der Waals surface area contributed by atoms with Crippen LogP contribution < -0.4 is 5.73 Å². The Bertz CT molecular complexity index is 463. The van der Waals surface area contributed by atoms with Gasteiger partial charge in [0.25, 0.3) is 0 Å². The third kappa shape index (κ3) is 14.5. The van der Waals surface area contributed by atoms with Crippen molar-refractivity contribution in [3.63, 3.8) is 0 Å². The van der Waals surface area contributed by atoms with Gasteiger partial charge in [-0.15, -0.1) is 0 Å². The second-order valence-corrected chi connectivity index (χ2v) is 4.67. The van der Waals surface area contributed by atoms with E-state index in [0.29, 0.717) is 6.61 Å². The van der Waals surface area contributed by atoms with Gasteiger partial charge in [0.1, 0.15) is 6.61 Å². The summed E-state index contributed by atoms with van der Waals surface area (Å²) in [6.45, 7) is 2.11. The van der Waals surface area contributed by atoms with E-state index in [-0.39, 0.29) is 18.4 Å². The number of rotatable bonds is 4. The first-order valence-electron chi connectivity index (χ1n) is 5.33. The Morgan fingerprint density at radius 3 is 2.21 bits per heavy atom. The molecule has 108 valence electrons. The van der Waals surface area contributed by atoms with Crippen LogP contribution in [0.5, 0.6) is 0 Å². The van der Waals surface area contributed by atoms with Crippen LogP contribution in [0.3, 0.4) is 0 Å². The summed E-state index contributed by atoms with van der Waals surface area (Å²) in [5.41, 5.74) is 6.45. The highest BCUT2D eigenvalue weighted by Crippen LogP contribution is 2.02. The lowest BCUT2D eigenvalue weighted by Gasteiger charge is -2.06. The van der Waals surface area contributed by atoms with Gasteiger partial charge in [-0.3, -0.25) is 13.9 Å². The lowest BCUT2D eigenvalue weighted by molar-refractivity contribution is -0.145. The zero-order chi connectivity index (χ0) is 14.9. The zero-order valence-electron chi connectivity index (χ0n) is 10.4. The largest absolute Gasteiger partial charge is 0.461 e. The standard InChI is InChI=1S/C11H15NO2.H2O4S/c1-9(12)7-11(13)14-8-10-5-3-2-4-6-10;1-5(2,3)4/h2-6,9H,7-8,12H2,1H3;(H2,1,2,3,4). The third-order valence-electron chi connectivity index (χ3n) is 1.73. The fourth-order valence-corrected chi connectivity index (χ4v) is 1.06. The van der Waals surface area contributed by atoms with E-state index < -0.39 is 10.4 Å². The van der Waals surface area contributed by atoms with E-state index in [1.54, 1.807) is 6.92 Å². The minimum Gasteiger partial charge on any atom is -0.461 e. The predicted octanol–water partition coefficient (Wildman–Crippen LogP) is 0.814. The topological polar surface area (TPSA) is 127 Å². The monoisotopic (exact) mass is 291 g/mol. The molecule has 1 aromatic carbocycles. The molecule has 0 bridgehead atoms. The quantitative estimate of drug-likeness (QED) is 0.553. The summed E-state index contributed by atoms with van der Waals surface area (Å²) in [5, 5.41) is 0. The zero-order valence-corrected chi connectivity index (χ0v) is 11.2. The van der Waals surface area contributed by atoms with Crippen LogP contribution in [0.25, 0.3) is 0 Å². The maximum atomic E-state index is 11.1. The van der Waals surface area contributed by atoms with Crippen molar-refractivity contribution in [1.82, 2.24) is 0 Å². The number of carbonyl (C=O) groups excluding carboxylic acids is 1. The first kappa shape index (κ1) is 17.5. The lowest BCUT2D eigenvalue weighted by Crippen LogP contribution is -2.20. The van der Waals surface area contributed by atoms with E-state index >= 15 is 0 Å². The molecule has 8 heteroatoms. The number of esters is 1. The Morgan fingerprint density at radius 1 is 1.32 bits per heavy atom. The van der Waals surface area contributed by atoms with Crippen molar-refractivity contribution < 1.29 is 27.1 Å². The molecule has 0 aliphatic heterocycles. The van der Waals surface area contributed by atoms with Gasteiger partial charge in [0, 0.05) is 6.04 Å². The molecular formula is C11H17NO6S. The smallest absolute Gasteiger partial charge is 0.394 e. The molecule has 1 unspecified atom stereocenters. The van der Waals surface area contributed by atoms with Crippen molar-refractivity contribution >= 4 is 16.4 Å². The van der Waals surface area contributed by atoms with Crippen LogP contribution >= 0.6 is 0 Å². The summed E-state index contributed by atoms with van der Waals surface area (Å²) >= 11 is 0. The Labute approximate surface area is 112 Å². The maximum absolute atomic E-state index is 11.1. The van der Waals surface area contributed by atoms with Gasteiger partial charge in [-0.05, 0) is 12.5 Å². The summed E-state index contributed by atoms with van der Waals surface area (Å²) in [4.78, 5) is 11.1. The van der Waals surface area contributed by atoms with Crippen molar-refractivity contribution in [3.8, 4) is 0 Å². The van der Waals surface area contributed by atoms with Gasteiger partial charge in [0.2, 0.25) is 0 Å². The SMILES string of the molecule is CC(N)CC(=O)OCc1ccccc1.O=S(=O)(O)O. The molecule has 0 saturated carbocycles. The molecule has 0 aliphatic carbocycles. The fraction of sp³-hybridized carbons (Fsp3) is 0.364. The number of hydrogen-bond donors (Lipinski definition) is 3. The number of carbonyl (C=O) groups is 1. The van der Waals surface area contributed by atoms with Crippen molar-refractivity contribution in [1.29, 1.82) is 0 Å². The van der Waals surface area contributed by atoms with Crippen LogP contribution in [-0.4, -0.2) is 29.5 Å². The van der Waals surface area contributed by atoms with Crippen molar-refractivity contribution in [2.24, 2.45) is 5.73 Å². The van der Waals surface area contributed by atoms with Gasteiger partial charge in [0.05, 0.1) is 6.42 Å². The summed E-state index contributed by atoms with van der Waals surface area (Å²) in [7, 11) is -4.67. The molecule has 7 nitrogen and oxygen atoms in total. The predicted molar refractivity (Wildman–Crippen MR) is 68.7 cm³/mol. The highest BCUT2D eigenvalue weighted by Gasteiger charge is 2.05. The molecule has 0 heterocycles. The minimum absolute atomic E-state index is 0.140. The number of ether oxygens (including phenoxy) is 1. The van der Waals surface area contributed by atoms with E-state index in [2.05, 4.69) is 0 Å². The van der Waals surface area contributed by atoms with Gasteiger partial charge in [-0.25, -0.2) is 0 Å². The van der Waals surface area contributed by atoms with E-state index in [1.165, 1.54) is 0 Å². The highest BCUT2D eigenvalue weighted by molar-refractivity contribution is 7.79. The molecule has 0 amide bonds. The van der Waals surface area contributed by atoms with Crippen molar-refractivity contribution in [3.05, 3.63) is 35.9 Å². The number of nitrogens with two attached hydrogens (primary N) is 1. The molecule has 0 radical (unpaired) electrons. The van der Waals surface area contributed by atoms with Crippen LogP contribution in [0, 0.1) is 0 Å². The molecule has 0 aliphatic rings. The van der Waals surface area contributed by atoms with Crippen LogP contribution in [0.2, 0.25) is 0 Å². The fourth-order valence-electron chi connectivity index (χ4n) is 1.06. The Hall–Kier alpha value is -1.48. The maximum Gasteiger partial charge on any atom is 0.394 e. The first-order chi connectivity index (χ1) is 8.68. The van der Waals surface area contributed by atoms with Gasteiger partial charge in [-0.2, -0.15) is 8.42 Å². The van der Waals surface area contributed by atoms with Crippen molar-refractivity contribution in [2.75, 3.05) is 0 Å². The number of hydrogen-bond acceptors (Lipinski definition) is 5. The second-order valence-electron chi connectivity index (χ2n) is 3.78. The summed E-state index contributed by atoms with van der Waals surface area (Å²) in [5.74, 6) is -0.246. The van der Waals surface area contributed by atoms with Crippen molar-refractivity contribution in [2.45, 2.75) is 26.0 Å². The van der Waals surface area contributed by atoms with Crippen LogP contribution in [-0.2, 0) is 26.5 Å². The molecule has 1 aromatic rings. The molecule has 1 atom stereocenters. The summed E-state index contributed by atoms with van der Waals surface area (Å²) in [6.07, 6.45) is 0.271. The minimum atomic E-state index is -4.67. The Morgan fingerprint density at radius 2 is 1.79 bits per heavy atom. The van der Waals surface area contributed by atoms with Crippen LogP contribution in [0.15, 0.2) is 30.3 Å². The van der Waals surface area contributed by atoms with E-state index in [4.69, 9.17) is 28.0 Å². The molecule has 0 saturated heterocycles. The van der Waals surface area contributed by atoms with Gasteiger partial charge >= 0.3 is 16.4 Å². The molecule has 0 fully saturated rings.